The second kappa shape index (κ2) is 8.85. The minimum Gasteiger partial charge on any atom is -0.375 e. The van der Waals surface area contributed by atoms with Crippen molar-refractivity contribution in [3.05, 3.63) is 30.3 Å². The highest BCUT2D eigenvalue weighted by Gasteiger charge is 2.33. The number of nitrogens with zero attached hydrogens (tertiary/aromatic N) is 3. The van der Waals surface area contributed by atoms with E-state index < -0.39 is 0 Å². The zero-order chi connectivity index (χ0) is 18.4. The van der Waals surface area contributed by atoms with E-state index in [9.17, 15) is 9.59 Å². The Labute approximate surface area is 150 Å². The van der Waals surface area contributed by atoms with Crippen molar-refractivity contribution in [2.75, 3.05) is 38.1 Å². The average molecular weight is 346 g/mol. The minimum absolute atomic E-state index is 0.108. The van der Waals surface area contributed by atoms with Crippen LogP contribution in [0.4, 0.5) is 5.69 Å². The maximum absolute atomic E-state index is 12.5. The molecule has 1 saturated heterocycles. The van der Waals surface area contributed by atoms with Crippen LogP contribution >= 0.6 is 0 Å². The van der Waals surface area contributed by atoms with E-state index in [0.29, 0.717) is 26.1 Å². The van der Waals surface area contributed by atoms with Gasteiger partial charge < -0.3 is 15.5 Å². The van der Waals surface area contributed by atoms with E-state index in [-0.39, 0.29) is 23.9 Å². The van der Waals surface area contributed by atoms with Gasteiger partial charge in [0.25, 0.3) is 0 Å². The molecule has 138 valence electrons. The summed E-state index contributed by atoms with van der Waals surface area (Å²) in [4.78, 5) is 30.2. The molecule has 0 bridgehead atoms. The first-order chi connectivity index (χ1) is 11.9. The lowest BCUT2D eigenvalue weighted by Gasteiger charge is -2.42. The van der Waals surface area contributed by atoms with Gasteiger partial charge in [0.15, 0.2) is 0 Å². The first-order valence-corrected chi connectivity index (χ1v) is 8.99. The highest BCUT2D eigenvalue weighted by Crippen LogP contribution is 2.15. The Bertz CT molecular complexity index is 576. The van der Waals surface area contributed by atoms with Gasteiger partial charge in [-0.1, -0.05) is 18.2 Å². The number of rotatable bonds is 7. The van der Waals surface area contributed by atoms with Crippen LogP contribution in [0.3, 0.4) is 0 Å². The van der Waals surface area contributed by atoms with Gasteiger partial charge in [-0.3, -0.25) is 14.5 Å². The summed E-state index contributed by atoms with van der Waals surface area (Å²) in [5.41, 5.74) is 6.68. The number of nitrogens with two attached hydrogens (primary N) is 1. The fourth-order valence-electron chi connectivity index (χ4n) is 3.33. The average Bonchev–Trinajstić information content (AvgIpc) is 2.61. The molecule has 1 atom stereocenters. The van der Waals surface area contributed by atoms with Crippen LogP contribution < -0.4 is 10.6 Å². The van der Waals surface area contributed by atoms with Gasteiger partial charge in [-0.15, -0.1) is 0 Å². The molecule has 2 amide bonds. The number of amides is 2. The van der Waals surface area contributed by atoms with Crippen molar-refractivity contribution in [3.8, 4) is 0 Å². The lowest BCUT2D eigenvalue weighted by molar-refractivity contribution is -0.138. The molecule has 1 heterocycles. The van der Waals surface area contributed by atoms with Gasteiger partial charge in [-0.2, -0.15) is 0 Å². The molecule has 1 aromatic carbocycles. The zero-order valence-electron chi connectivity index (χ0n) is 15.5. The number of primary amides is 1. The largest absolute Gasteiger partial charge is 0.375 e. The molecule has 0 saturated carbocycles. The SMILES string of the molecule is CC(C)N1CCN(C(=O)CCCN(C)c2ccccc2)CC1C(N)=O. The van der Waals surface area contributed by atoms with Crippen LogP contribution in [0.1, 0.15) is 26.7 Å². The van der Waals surface area contributed by atoms with E-state index in [1.165, 1.54) is 0 Å². The van der Waals surface area contributed by atoms with E-state index in [1.54, 1.807) is 4.90 Å². The second-order valence-electron chi connectivity index (χ2n) is 6.95. The fraction of sp³-hybridized carbons (Fsp3) is 0.579. The predicted octanol–water partition coefficient (Wildman–Crippen LogP) is 1.31. The third kappa shape index (κ3) is 5.19. The Kier molecular flexibility index (Phi) is 6.82. The first kappa shape index (κ1) is 19.2. The maximum Gasteiger partial charge on any atom is 0.236 e. The summed E-state index contributed by atoms with van der Waals surface area (Å²) >= 11 is 0. The Balaban J connectivity index is 1.82. The van der Waals surface area contributed by atoms with Gasteiger partial charge in [0, 0.05) is 51.4 Å². The number of benzene rings is 1. The molecule has 2 N–H and O–H groups in total. The summed E-state index contributed by atoms with van der Waals surface area (Å²) in [5.74, 6) is -0.244. The van der Waals surface area contributed by atoms with Crippen molar-refractivity contribution in [2.24, 2.45) is 5.73 Å². The van der Waals surface area contributed by atoms with Gasteiger partial charge in [-0.05, 0) is 32.4 Å². The summed E-state index contributed by atoms with van der Waals surface area (Å²) < 4.78 is 0. The third-order valence-corrected chi connectivity index (χ3v) is 4.85. The Hall–Kier alpha value is -2.08. The summed E-state index contributed by atoms with van der Waals surface area (Å²) in [5, 5.41) is 0. The fourth-order valence-corrected chi connectivity index (χ4v) is 3.33. The Morgan fingerprint density at radius 3 is 2.52 bits per heavy atom. The molecule has 1 fully saturated rings. The second-order valence-corrected chi connectivity index (χ2v) is 6.95. The van der Waals surface area contributed by atoms with E-state index in [1.807, 2.05) is 39.1 Å². The highest BCUT2D eigenvalue weighted by molar-refractivity contribution is 5.82. The van der Waals surface area contributed by atoms with Crippen molar-refractivity contribution in [3.63, 3.8) is 0 Å². The first-order valence-electron chi connectivity index (χ1n) is 8.99. The van der Waals surface area contributed by atoms with E-state index >= 15 is 0 Å². The van der Waals surface area contributed by atoms with Crippen molar-refractivity contribution < 1.29 is 9.59 Å². The van der Waals surface area contributed by atoms with Crippen LogP contribution in [0.15, 0.2) is 30.3 Å². The van der Waals surface area contributed by atoms with Crippen molar-refractivity contribution in [1.29, 1.82) is 0 Å². The van der Waals surface area contributed by atoms with Gasteiger partial charge in [-0.25, -0.2) is 0 Å². The highest BCUT2D eigenvalue weighted by atomic mass is 16.2. The lowest BCUT2D eigenvalue weighted by Crippen LogP contribution is -2.61. The quantitative estimate of drug-likeness (QED) is 0.808. The molecule has 1 aliphatic rings. The predicted molar refractivity (Wildman–Crippen MR) is 100 cm³/mol. The molecule has 6 nitrogen and oxygen atoms in total. The molecular weight excluding hydrogens is 316 g/mol. The molecule has 6 heteroatoms. The molecule has 0 aromatic heterocycles. The molecular formula is C19H30N4O2. The van der Waals surface area contributed by atoms with Crippen molar-refractivity contribution in [1.82, 2.24) is 9.80 Å². The van der Waals surface area contributed by atoms with Gasteiger partial charge in [0.05, 0.1) is 0 Å². The maximum atomic E-state index is 12.5. The standard InChI is InChI=1S/C19H30N4O2/c1-15(2)23-13-12-22(14-17(23)19(20)25)18(24)10-7-11-21(3)16-8-5-4-6-9-16/h4-6,8-9,15,17H,7,10-14H2,1-3H3,(H2,20,25). The van der Waals surface area contributed by atoms with Crippen molar-refractivity contribution in [2.45, 2.75) is 38.8 Å². The Morgan fingerprint density at radius 2 is 1.92 bits per heavy atom. The number of hydrogen-bond acceptors (Lipinski definition) is 4. The molecule has 1 aliphatic heterocycles. The smallest absolute Gasteiger partial charge is 0.236 e. The van der Waals surface area contributed by atoms with E-state index in [4.69, 9.17) is 5.73 Å². The number of carbonyl (C=O) groups excluding carboxylic acids is 2. The van der Waals surface area contributed by atoms with Crippen LogP contribution in [-0.2, 0) is 9.59 Å². The Morgan fingerprint density at radius 1 is 1.24 bits per heavy atom. The molecule has 1 unspecified atom stereocenters. The van der Waals surface area contributed by atoms with Gasteiger partial charge in [0.1, 0.15) is 6.04 Å². The normalized spacial score (nSPS) is 18.4. The van der Waals surface area contributed by atoms with Crippen LogP contribution in [0, 0.1) is 0 Å². The minimum atomic E-state index is -0.385. The molecule has 0 spiro atoms. The number of carbonyl (C=O) groups is 2. The lowest BCUT2D eigenvalue weighted by atomic mass is 10.1. The molecule has 1 aromatic rings. The number of hydrogen-bond donors (Lipinski definition) is 1. The monoisotopic (exact) mass is 346 g/mol. The summed E-state index contributed by atoms with van der Waals surface area (Å²) in [7, 11) is 2.03. The summed E-state index contributed by atoms with van der Waals surface area (Å²) in [6.07, 6.45) is 1.28. The topological polar surface area (TPSA) is 69.9 Å². The van der Waals surface area contributed by atoms with Crippen molar-refractivity contribution >= 4 is 17.5 Å². The van der Waals surface area contributed by atoms with Crippen LogP contribution in [0.25, 0.3) is 0 Å². The van der Waals surface area contributed by atoms with Crippen LogP contribution in [0.5, 0.6) is 0 Å². The number of piperazine rings is 1. The summed E-state index contributed by atoms with van der Waals surface area (Å²) in [6.45, 7) is 6.68. The van der Waals surface area contributed by atoms with Gasteiger partial charge >= 0.3 is 0 Å². The molecule has 2 rings (SSSR count). The number of para-hydroxylation sites is 1. The number of anilines is 1. The zero-order valence-corrected chi connectivity index (χ0v) is 15.5. The third-order valence-electron chi connectivity index (χ3n) is 4.85. The van der Waals surface area contributed by atoms with E-state index in [2.05, 4.69) is 21.9 Å². The van der Waals surface area contributed by atoms with Crippen LogP contribution in [0.2, 0.25) is 0 Å². The van der Waals surface area contributed by atoms with E-state index in [0.717, 1.165) is 18.7 Å². The van der Waals surface area contributed by atoms with Crippen LogP contribution in [-0.4, -0.2) is 66.9 Å². The molecule has 25 heavy (non-hydrogen) atoms. The molecule has 0 radical (unpaired) electrons. The summed E-state index contributed by atoms with van der Waals surface area (Å²) in [6, 6.07) is 9.99. The molecule has 0 aliphatic carbocycles. The van der Waals surface area contributed by atoms with Gasteiger partial charge in [0.2, 0.25) is 11.8 Å².